The molecule has 1 atom stereocenters. The molecule has 17 heavy (non-hydrogen) atoms. The Labute approximate surface area is 97.8 Å². The lowest BCUT2D eigenvalue weighted by Crippen LogP contribution is -2.36. The maximum atomic E-state index is 13.5. The van der Waals surface area contributed by atoms with E-state index in [9.17, 15) is 13.6 Å². The Kier molecular flexibility index (Phi) is 4.99. The zero-order valence-electron chi connectivity index (χ0n) is 9.37. The Hall–Kier alpha value is -1.53. The van der Waals surface area contributed by atoms with Crippen LogP contribution in [0.4, 0.5) is 8.78 Å². The molecule has 0 aliphatic rings. The lowest BCUT2D eigenvalue weighted by Gasteiger charge is -2.16. The fourth-order valence-corrected chi connectivity index (χ4v) is 1.40. The molecule has 4 nitrogen and oxygen atoms in total. The highest BCUT2D eigenvalue weighted by molar-refractivity contribution is 5.81. The van der Waals surface area contributed by atoms with Crippen molar-refractivity contribution in [2.24, 2.45) is 5.73 Å². The number of hydrogen-bond acceptors (Lipinski definition) is 3. The number of carbonyl (C=O) groups excluding carboxylic acids is 1. The number of rotatable bonds is 6. The average molecular weight is 244 g/mol. The summed E-state index contributed by atoms with van der Waals surface area (Å²) in [6, 6.07) is 1.99. The van der Waals surface area contributed by atoms with Crippen molar-refractivity contribution in [1.29, 1.82) is 0 Å². The highest BCUT2D eigenvalue weighted by Crippen LogP contribution is 2.17. The summed E-state index contributed by atoms with van der Waals surface area (Å²) in [6.45, 7) is 0.688. The van der Waals surface area contributed by atoms with Gasteiger partial charge in [-0.25, -0.2) is 8.78 Å². The number of ether oxygens (including phenoxy) is 1. The molecule has 0 heterocycles. The summed E-state index contributed by atoms with van der Waals surface area (Å²) in [5, 5.41) is 2.73. The molecule has 0 bridgehead atoms. The minimum absolute atomic E-state index is 0.0232. The van der Waals surface area contributed by atoms with Crippen molar-refractivity contribution < 1.29 is 18.3 Å². The van der Waals surface area contributed by atoms with Crippen LogP contribution < -0.4 is 11.1 Å². The average Bonchev–Trinajstić information content (AvgIpc) is 2.25. The van der Waals surface area contributed by atoms with Crippen LogP contribution in [0.3, 0.4) is 0 Å². The first kappa shape index (κ1) is 13.5. The van der Waals surface area contributed by atoms with Crippen molar-refractivity contribution in [3.8, 4) is 0 Å². The minimum atomic E-state index is -0.995. The van der Waals surface area contributed by atoms with Gasteiger partial charge in [0.15, 0.2) is 0 Å². The normalized spacial score (nSPS) is 12.4. The van der Waals surface area contributed by atoms with E-state index in [1.54, 1.807) is 0 Å². The molecule has 0 radical (unpaired) electrons. The molecule has 0 aliphatic carbocycles. The molecule has 0 fully saturated rings. The van der Waals surface area contributed by atoms with Crippen LogP contribution in [0.2, 0.25) is 0 Å². The summed E-state index contributed by atoms with van der Waals surface area (Å²) in [7, 11) is 1.50. The Morgan fingerprint density at radius 2 is 2.24 bits per heavy atom. The Morgan fingerprint density at radius 3 is 2.76 bits per heavy atom. The second-order valence-electron chi connectivity index (χ2n) is 3.45. The summed E-state index contributed by atoms with van der Waals surface area (Å²) < 4.78 is 31.0. The zero-order chi connectivity index (χ0) is 12.8. The number of nitrogens with two attached hydrogens (primary N) is 1. The van der Waals surface area contributed by atoms with Crippen molar-refractivity contribution in [2.45, 2.75) is 6.04 Å². The first-order chi connectivity index (χ1) is 8.06. The molecule has 0 aliphatic heterocycles. The molecule has 1 amide bonds. The van der Waals surface area contributed by atoms with Gasteiger partial charge >= 0.3 is 0 Å². The van der Waals surface area contributed by atoms with Crippen LogP contribution in [-0.2, 0) is 9.53 Å². The third-order valence-corrected chi connectivity index (χ3v) is 2.21. The molecule has 3 N–H and O–H groups in total. The molecule has 0 saturated heterocycles. The topological polar surface area (TPSA) is 64.3 Å². The lowest BCUT2D eigenvalue weighted by molar-refractivity contribution is -0.120. The zero-order valence-corrected chi connectivity index (χ0v) is 9.37. The number of hydrogen-bond donors (Lipinski definition) is 2. The van der Waals surface area contributed by atoms with E-state index in [1.807, 2.05) is 0 Å². The van der Waals surface area contributed by atoms with Gasteiger partial charge in [0.2, 0.25) is 5.91 Å². The van der Waals surface area contributed by atoms with Gasteiger partial charge in [0.05, 0.1) is 6.61 Å². The molecule has 1 rings (SSSR count). The fourth-order valence-electron chi connectivity index (χ4n) is 1.40. The molecular formula is C11H14F2N2O2. The van der Waals surface area contributed by atoms with Gasteiger partial charge in [0.25, 0.3) is 0 Å². The minimum Gasteiger partial charge on any atom is -0.383 e. The van der Waals surface area contributed by atoms with Crippen molar-refractivity contribution in [3.63, 3.8) is 0 Å². The van der Waals surface area contributed by atoms with E-state index < -0.39 is 23.6 Å². The number of nitrogens with one attached hydrogen (secondary N) is 1. The van der Waals surface area contributed by atoms with Gasteiger partial charge in [-0.15, -0.1) is 0 Å². The predicted molar refractivity (Wildman–Crippen MR) is 58.2 cm³/mol. The third kappa shape index (κ3) is 3.76. The molecule has 0 aromatic heterocycles. The lowest BCUT2D eigenvalue weighted by atomic mass is 10.1. The van der Waals surface area contributed by atoms with Gasteiger partial charge < -0.3 is 10.5 Å². The second kappa shape index (κ2) is 6.27. The Balaban J connectivity index is 2.86. The first-order valence-electron chi connectivity index (χ1n) is 5.03. The molecular weight excluding hydrogens is 230 g/mol. The van der Waals surface area contributed by atoms with Crippen LogP contribution in [-0.4, -0.2) is 26.2 Å². The number of carbonyl (C=O) groups is 1. The van der Waals surface area contributed by atoms with E-state index in [0.717, 1.165) is 6.07 Å². The standard InChI is InChI=1S/C11H14F2N2O2/c1-17-5-4-15-10(11(14)16)8-3-2-7(12)6-9(8)13/h2-3,6,10,15H,4-5H2,1H3,(H2,14,16). The van der Waals surface area contributed by atoms with Gasteiger partial charge in [0.1, 0.15) is 17.7 Å². The number of methoxy groups -OCH3 is 1. The van der Waals surface area contributed by atoms with Crippen molar-refractivity contribution >= 4 is 5.91 Å². The molecule has 1 aromatic rings. The van der Waals surface area contributed by atoms with E-state index in [2.05, 4.69) is 5.32 Å². The van der Waals surface area contributed by atoms with Crippen molar-refractivity contribution in [1.82, 2.24) is 5.32 Å². The SMILES string of the molecule is COCCNC(C(N)=O)c1ccc(F)cc1F. The quantitative estimate of drug-likeness (QED) is 0.725. The summed E-state index contributed by atoms with van der Waals surface area (Å²) in [6.07, 6.45) is 0. The van der Waals surface area contributed by atoms with Crippen LogP contribution in [0.5, 0.6) is 0 Å². The summed E-state index contributed by atoms with van der Waals surface area (Å²) in [5.74, 6) is -2.24. The monoisotopic (exact) mass is 244 g/mol. The van der Waals surface area contributed by atoms with Gasteiger partial charge in [-0.05, 0) is 6.07 Å². The highest BCUT2D eigenvalue weighted by atomic mass is 19.1. The van der Waals surface area contributed by atoms with Gasteiger partial charge in [-0.1, -0.05) is 6.07 Å². The van der Waals surface area contributed by atoms with E-state index >= 15 is 0 Å². The first-order valence-corrected chi connectivity index (χ1v) is 5.03. The number of halogens is 2. The second-order valence-corrected chi connectivity index (χ2v) is 3.45. The molecule has 94 valence electrons. The van der Waals surface area contributed by atoms with Crippen molar-refractivity contribution in [2.75, 3.05) is 20.3 Å². The predicted octanol–water partition coefficient (Wildman–Crippen LogP) is 0.727. The molecule has 1 aromatic carbocycles. The Morgan fingerprint density at radius 1 is 1.53 bits per heavy atom. The summed E-state index contributed by atoms with van der Waals surface area (Å²) in [4.78, 5) is 11.2. The van der Waals surface area contributed by atoms with Crippen LogP contribution in [0, 0.1) is 11.6 Å². The van der Waals surface area contributed by atoms with Crippen LogP contribution in [0.1, 0.15) is 11.6 Å². The van der Waals surface area contributed by atoms with E-state index in [-0.39, 0.29) is 5.56 Å². The van der Waals surface area contributed by atoms with Crippen molar-refractivity contribution in [3.05, 3.63) is 35.4 Å². The summed E-state index contributed by atoms with van der Waals surface area (Å²) >= 11 is 0. The fraction of sp³-hybridized carbons (Fsp3) is 0.364. The van der Waals surface area contributed by atoms with Crippen LogP contribution in [0.15, 0.2) is 18.2 Å². The van der Waals surface area contributed by atoms with E-state index in [0.29, 0.717) is 19.2 Å². The molecule has 6 heteroatoms. The third-order valence-electron chi connectivity index (χ3n) is 2.21. The molecule has 0 spiro atoms. The van der Waals surface area contributed by atoms with Gasteiger partial charge in [-0.3, -0.25) is 10.1 Å². The number of primary amides is 1. The Bertz CT molecular complexity index is 399. The maximum absolute atomic E-state index is 13.5. The molecule has 1 unspecified atom stereocenters. The summed E-state index contributed by atoms with van der Waals surface area (Å²) in [5.41, 5.74) is 5.18. The largest absolute Gasteiger partial charge is 0.383 e. The smallest absolute Gasteiger partial charge is 0.239 e. The number of amides is 1. The maximum Gasteiger partial charge on any atom is 0.239 e. The molecule has 0 saturated carbocycles. The van der Waals surface area contributed by atoms with Gasteiger partial charge in [-0.2, -0.15) is 0 Å². The van der Waals surface area contributed by atoms with Gasteiger partial charge in [0, 0.05) is 25.3 Å². The van der Waals surface area contributed by atoms with Crippen LogP contribution >= 0.6 is 0 Å². The number of benzene rings is 1. The highest BCUT2D eigenvalue weighted by Gasteiger charge is 2.20. The van der Waals surface area contributed by atoms with Crippen LogP contribution in [0.25, 0.3) is 0 Å². The van der Waals surface area contributed by atoms with E-state index in [1.165, 1.54) is 13.2 Å². The van der Waals surface area contributed by atoms with E-state index in [4.69, 9.17) is 10.5 Å².